The lowest BCUT2D eigenvalue weighted by molar-refractivity contribution is -0.121. The van der Waals surface area contributed by atoms with E-state index in [1.807, 2.05) is 13.8 Å². The number of nitrogens with one attached hydrogen (secondary N) is 2. The fourth-order valence-electron chi connectivity index (χ4n) is 1.13. The molecule has 0 aliphatic rings. The van der Waals surface area contributed by atoms with E-state index < -0.39 is 0 Å². The maximum absolute atomic E-state index is 11.4. The second-order valence-electron chi connectivity index (χ2n) is 3.71. The zero-order chi connectivity index (χ0) is 11.7. The summed E-state index contributed by atoms with van der Waals surface area (Å²) in [6.07, 6.45) is 7.63. The first-order valence-electron chi connectivity index (χ1n) is 5.62. The maximum atomic E-state index is 11.4. The molecule has 2 atom stereocenters. The highest BCUT2D eigenvalue weighted by Gasteiger charge is 2.06. The van der Waals surface area contributed by atoms with Gasteiger partial charge in [-0.3, -0.25) is 4.79 Å². The molecule has 0 saturated carbocycles. The Bertz CT molecular complexity index is 220. The summed E-state index contributed by atoms with van der Waals surface area (Å²) in [7, 11) is 0. The van der Waals surface area contributed by atoms with Gasteiger partial charge in [0.05, 0.1) is 6.04 Å². The van der Waals surface area contributed by atoms with Crippen LogP contribution in [0.4, 0.5) is 0 Å². The van der Waals surface area contributed by atoms with Gasteiger partial charge in [0.25, 0.3) is 0 Å². The van der Waals surface area contributed by atoms with E-state index in [0.29, 0.717) is 13.0 Å². The monoisotopic (exact) mass is 210 g/mol. The lowest BCUT2D eigenvalue weighted by Gasteiger charge is -2.13. The summed E-state index contributed by atoms with van der Waals surface area (Å²) in [4.78, 5) is 11.4. The van der Waals surface area contributed by atoms with Crippen molar-refractivity contribution >= 4 is 5.91 Å². The molecule has 0 aromatic rings. The Morgan fingerprint density at radius 2 is 2.07 bits per heavy atom. The first-order valence-corrected chi connectivity index (χ1v) is 5.62. The smallest absolute Gasteiger partial charge is 0.221 e. The van der Waals surface area contributed by atoms with Gasteiger partial charge < -0.3 is 10.6 Å². The Labute approximate surface area is 93.0 Å². The standard InChI is InChI=1S/C12H22N2O/c1-5-10(4)14-12(15)8-9-13-11(6-2)7-3/h2,10-11,13H,5,7-9H2,1,3-4H3,(H,14,15). The third kappa shape index (κ3) is 6.98. The summed E-state index contributed by atoms with van der Waals surface area (Å²) in [5.41, 5.74) is 0. The molecule has 0 radical (unpaired) electrons. The van der Waals surface area contributed by atoms with E-state index in [9.17, 15) is 4.79 Å². The summed E-state index contributed by atoms with van der Waals surface area (Å²) < 4.78 is 0. The number of rotatable bonds is 7. The predicted octanol–water partition coefficient (Wildman–Crippen LogP) is 1.29. The fourth-order valence-corrected chi connectivity index (χ4v) is 1.13. The topological polar surface area (TPSA) is 41.1 Å². The first-order chi connectivity index (χ1) is 7.13. The van der Waals surface area contributed by atoms with Crippen LogP contribution in [0.5, 0.6) is 0 Å². The van der Waals surface area contributed by atoms with Crippen molar-refractivity contribution in [3.63, 3.8) is 0 Å². The molecule has 3 heteroatoms. The Morgan fingerprint density at radius 3 is 2.53 bits per heavy atom. The molecule has 15 heavy (non-hydrogen) atoms. The highest BCUT2D eigenvalue weighted by molar-refractivity contribution is 5.76. The highest BCUT2D eigenvalue weighted by Crippen LogP contribution is 1.91. The van der Waals surface area contributed by atoms with Crippen LogP contribution in [-0.2, 0) is 4.79 Å². The normalized spacial score (nSPS) is 14.0. The average Bonchev–Trinajstić information content (AvgIpc) is 2.24. The molecule has 2 unspecified atom stereocenters. The van der Waals surface area contributed by atoms with E-state index >= 15 is 0 Å². The molecule has 0 spiro atoms. The molecule has 0 aromatic heterocycles. The molecule has 2 N–H and O–H groups in total. The maximum Gasteiger partial charge on any atom is 0.221 e. The molecule has 0 aliphatic heterocycles. The molecule has 0 saturated heterocycles. The number of amides is 1. The molecule has 0 fully saturated rings. The van der Waals surface area contributed by atoms with Crippen molar-refractivity contribution in [2.24, 2.45) is 0 Å². The SMILES string of the molecule is C#CC(CC)NCCC(=O)NC(C)CC. The van der Waals surface area contributed by atoms with E-state index in [1.165, 1.54) is 0 Å². The number of hydrogen-bond acceptors (Lipinski definition) is 2. The van der Waals surface area contributed by atoms with Crippen LogP contribution in [0.1, 0.15) is 40.0 Å². The van der Waals surface area contributed by atoms with Gasteiger partial charge in [0.2, 0.25) is 5.91 Å². The zero-order valence-corrected chi connectivity index (χ0v) is 9.97. The van der Waals surface area contributed by atoms with E-state index in [-0.39, 0.29) is 18.0 Å². The number of carbonyl (C=O) groups is 1. The van der Waals surface area contributed by atoms with Crippen LogP contribution in [0.2, 0.25) is 0 Å². The lowest BCUT2D eigenvalue weighted by atomic mass is 10.2. The van der Waals surface area contributed by atoms with Gasteiger partial charge in [-0.1, -0.05) is 19.8 Å². The second kappa shape index (κ2) is 8.31. The van der Waals surface area contributed by atoms with Gasteiger partial charge in [-0.05, 0) is 19.8 Å². The van der Waals surface area contributed by atoms with Gasteiger partial charge in [-0.2, -0.15) is 0 Å². The summed E-state index contributed by atoms with van der Waals surface area (Å²) in [6.45, 7) is 6.72. The highest BCUT2D eigenvalue weighted by atomic mass is 16.1. The van der Waals surface area contributed by atoms with E-state index in [2.05, 4.69) is 23.5 Å². The van der Waals surface area contributed by atoms with E-state index in [4.69, 9.17) is 6.42 Å². The van der Waals surface area contributed by atoms with Crippen LogP contribution >= 0.6 is 0 Å². The van der Waals surface area contributed by atoms with E-state index in [0.717, 1.165) is 12.8 Å². The summed E-state index contributed by atoms with van der Waals surface area (Å²) >= 11 is 0. The van der Waals surface area contributed by atoms with Crippen LogP contribution in [0.25, 0.3) is 0 Å². The second-order valence-corrected chi connectivity index (χ2v) is 3.71. The molecule has 3 nitrogen and oxygen atoms in total. The van der Waals surface area contributed by atoms with Crippen molar-refractivity contribution in [3.05, 3.63) is 0 Å². The Morgan fingerprint density at radius 1 is 1.40 bits per heavy atom. The third-order valence-electron chi connectivity index (χ3n) is 2.37. The minimum atomic E-state index is 0.0846. The van der Waals surface area contributed by atoms with Crippen LogP contribution in [0, 0.1) is 12.3 Å². The number of terminal acetylenes is 1. The third-order valence-corrected chi connectivity index (χ3v) is 2.37. The molecule has 0 rings (SSSR count). The van der Waals surface area contributed by atoms with Gasteiger partial charge >= 0.3 is 0 Å². The summed E-state index contributed by atoms with van der Waals surface area (Å²) in [5, 5.41) is 6.05. The fraction of sp³-hybridized carbons (Fsp3) is 0.750. The first kappa shape index (κ1) is 14.0. The Balaban J connectivity index is 3.59. The van der Waals surface area contributed by atoms with Gasteiger partial charge in [-0.15, -0.1) is 6.42 Å². The Kier molecular flexibility index (Phi) is 7.75. The molecular formula is C12H22N2O. The van der Waals surface area contributed by atoms with Gasteiger partial charge in [-0.25, -0.2) is 0 Å². The minimum absolute atomic E-state index is 0.0846. The van der Waals surface area contributed by atoms with Crippen molar-refractivity contribution in [3.8, 4) is 12.3 Å². The quantitative estimate of drug-likeness (QED) is 0.622. The van der Waals surface area contributed by atoms with Crippen molar-refractivity contribution < 1.29 is 4.79 Å². The van der Waals surface area contributed by atoms with Gasteiger partial charge in [0.1, 0.15) is 0 Å². The van der Waals surface area contributed by atoms with Crippen molar-refractivity contribution in [2.45, 2.75) is 52.1 Å². The van der Waals surface area contributed by atoms with Crippen molar-refractivity contribution in [2.75, 3.05) is 6.54 Å². The van der Waals surface area contributed by atoms with Crippen LogP contribution in [0.3, 0.4) is 0 Å². The van der Waals surface area contributed by atoms with Crippen LogP contribution < -0.4 is 10.6 Å². The Hall–Kier alpha value is -1.01. The van der Waals surface area contributed by atoms with Gasteiger partial charge in [0, 0.05) is 19.0 Å². The van der Waals surface area contributed by atoms with E-state index in [1.54, 1.807) is 0 Å². The summed E-state index contributed by atoms with van der Waals surface area (Å²) in [6, 6.07) is 0.341. The molecule has 86 valence electrons. The molecule has 0 aromatic carbocycles. The molecule has 0 bridgehead atoms. The number of carbonyl (C=O) groups excluding carboxylic acids is 1. The minimum Gasteiger partial charge on any atom is -0.354 e. The molecule has 1 amide bonds. The molecule has 0 heterocycles. The summed E-state index contributed by atoms with van der Waals surface area (Å²) in [5.74, 6) is 2.72. The zero-order valence-electron chi connectivity index (χ0n) is 9.97. The number of hydrogen-bond donors (Lipinski definition) is 2. The molecule has 0 aliphatic carbocycles. The largest absolute Gasteiger partial charge is 0.354 e. The van der Waals surface area contributed by atoms with Crippen LogP contribution in [0.15, 0.2) is 0 Å². The lowest BCUT2D eigenvalue weighted by Crippen LogP contribution is -2.36. The van der Waals surface area contributed by atoms with Crippen molar-refractivity contribution in [1.29, 1.82) is 0 Å². The molecular weight excluding hydrogens is 188 g/mol. The van der Waals surface area contributed by atoms with Crippen LogP contribution in [-0.4, -0.2) is 24.5 Å². The van der Waals surface area contributed by atoms with Crippen molar-refractivity contribution in [1.82, 2.24) is 10.6 Å². The average molecular weight is 210 g/mol. The van der Waals surface area contributed by atoms with Gasteiger partial charge in [0.15, 0.2) is 0 Å². The predicted molar refractivity (Wildman–Crippen MR) is 63.4 cm³/mol.